The topological polar surface area (TPSA) is 66.1 Å². The number of para-hydroxylation sites is 2. The SMILES string of the molecule is O=C1C[C@@H](SCc2nc3ccccc3[nH]2)C(=O)N1c1ccc(F)cc1. The molecule has 4 rings (SSSR count). The molecule has 1 aliphatic rings. The van der Waals surface area contributed by atoms with E-state index in [1.54, 1.807) is 0 Å². The zero-order valence-corrected chi connectivity index (χ0v) is 13.9. The van der Waals surface area contributed by atoms with E-state index in [0.717, 1.165) is 21.8 Å². The molecule has 1 saturated heterocycles. The number of aromatic amines is 1. The van der Waals surface area contributed by atoms with Crippen molar-refractivity contribution in [1.82, 2.24) is 9.97 Å². The van der Waals surface area contributed by atoms with Crippen LogP contribution in [0.3, 0.4) is 0 Å². The van der Waals surface area contributed by atoms with Gasteiger partial charge in [0.25, 0.3) is 0 Å². The van der Waals surface area contributed by atoms with E-state index in [0.29, 0.717) is 11.4 Å². The van der Waals surface area contributed by atoms with Crippen molar-refractivity contribution in [1.29, 1.82) is 0 Å². The quantitative estimate of drug-likeness (QED) is 0.730. The lowest BCUT2D eigenvalue weighted by Crippen LogP contribution is -2.31. The molecule has 0 unspecified atom stereocenters. The number of hydrogen-bond donors (Lipinski definition) is 1. The van der Waals surface area contributed by atoms with Crippen LogP contribution < -0.4 is 4.90 Å². The molecule has 2 heterocycles. The molecule has 0 bridgehead atoms. The van der Waals surface area contributed by atoms with Crippen LogP contribution in [0.25, 0.3) is 11.0 Å². The molecule has 0 saturated carbocycles. The van der Waals surface area contributed by atoms with Crippen LogP contribution in [-0.4, -0.2) is 27.0 Å². The minimum Gasteiger partial charge on any atom is -0.341 e. The summed E-state index contributed by atoms with van der Waals surface area (Å²) in [4.78, 5) is 33.6. The normalized spacial score (nSPS) is 17.6. The van der Waals surface area contributed by atoms with E-state index in [1.807, 2.05) is 24.3 Å². The maximum absolute atomic E-state index is 13.0. The molecule has 0 radical (unpaired) electrons. The molecule has 1 atom stereocenters. The fourth-order valence-corrected chi connectivity index (χ4v) is 3.85. The fraction of sp³-hybridized carbons (Fsp3) is 0.167. The summed E-state index contributed by atoms with van der Waals surface area (Å²) in [5, 5.41) is -0.453. The van der Waals surface area contributed by atoms with Gasteiger partial charge < -0.3 is 4.98 Å². The zero-order chi connectivity index (χ0) is 17.4. The number of amides is 2. The molecule has 1 aromatic heterocycles. The average Bonchev–Trinajstić information content (AvgIpc) is 3.14. The average molecular weight is 355 g/mol. The molecule has 7 heteroatoms. The molecule has 2 amide bonds. The van der Waals surface area contributed by atoms with E-state index in [9.17, 15) is 14.0 Å². The highest BCUT2D eigenvalue weighted by atomic mass is 32.2. The number of nitrogens with one attached hydrogen (secondary N) is 1. The molecule has 126 valence electrons. The molecular formula is C18H14FN3O2S. The van der Waals surface area contributed by atoms with E-state index in [2.05, 4.69) is 9.97 Å². The van der Waals surface area contributed by atoms with Crippen molar-refractivity contribution in [2.75, 3.05) is 4.90 Å². The molecule has 0 spiro atoms. The van der Waals surface area contributed by atoms with Crippen molar-refractivity contribution in [3.63, 3.8) is 0 Å². The van der Waals surface area contributed by atoms with E-state index >= 15 is 0 Å². The number of rotatable bonds is 4. The second kappa shape index (κ2) is 6.33. The van der Waals surface area contributed by atoms with Gasteiger partial charge in [-0.3, -0.25) is 9.59 Å². The van der Waals surface area contributed by atoms with Gasteiger partial charge in [0, 0.05) is 6.42 Å². The van der Waals surface area contributed by atoms with Crippen molar-refractivity contribution in [2.24, 2.45) is 0 Å². The maximum atomic E-state index is 13.0. The van der Waals surface area contributed by atoms with Gasteiger partial charge in [-0.25, -0.2) is 14.3 Å². The predicted octanol–water partition coefficient (Wildman–Crippen LogP) is 3.27. The van der Waals surface area contributed by atoms with Crippen LogP contribution in [0.15, 0.2) is 48.5 Å². The first-order valence-corrected chi connectivity index (χ1v) is 8.84. The van der Waals surface area contributed by atoms with Gasteiger partial charge in [0.15, 0.2) is 0 Å². The number of halogens is 1. The van der Waals surface area contributed by atoms with Crippen LogP contribution in [0.2, 0.25) is 0 Å². The summed E-state index contributed by atoms with van der Waals surface area (Å²) in [6, 6.07) is 13.1. The highest BCUT2D eigenvalue weighted by Gasteiger charge is 2.39. The Morgan fingerprint density at radius 3 is 2.68 bits per heavy atom. The second-order valence-electron chi connectivity index (χ2n) is 5.75. The Labute approximate surface area is 147 Å². The number of thioether (sulfide) groups is 1. The number of imide groups is 1. The Morgan fingerprint density at radius 1 is 1.16 bits per heavy atom. The summed E-state index contributed by atoms with van der Waals surface area (Å²) in [5.74, 6) is 0.345. The molecule has 1 fully saturated rings. The van der Waals surface area contributed by atoms with Crippen LogP contribution in [0.4, 0.5) is 10.1 Å². The van der Waals surface area contributed by atoms with Gasteiger partial charge in [0.05, 0.1) is 27.7 Å². The lowest BCUT2D eigenvalue weighted by molar-refractivity contribution is -0.121. The van der Waals surface area contributed by atoms with Crippen LogP contribution in [-0.2, 0) is 15.3 Å². The van der Waals surface area contributed by atoms with Gasteiger partial charge in [-0.1, -0.05) is 12.1 Å². The van der Waals surface area contributed by atoms with Crippen molar-refractivity contribution in [2.45, 2.75) is 17.4 Å². The minimum absolute atomic E-state index is 0.140. The van der Waals surface area contributed by atoms with Crippen LogP contribution >= 0.6 is 11.8 Å². The summed E-state index contributed by atoms with van der Waals surface area (Å²) in [6.45, 7) is 0. The number of H-pyrrole nitrogens is 1. The summed E-state index contributed by atoms with van der Waals surface area (Å²) in [7, 11) is 0. The van der Waals surface area contributed by atoms with Crippen molar-refractivity contribution >= 4 is 40.3 Å². The van der Waals surface area contributed by atoms with Gasteiger partial charge >= 0.3 is 0 Å². The molecule has 0 aliphatic carbocycles. The Morgan fingerprint density at radius 2 is 1.92 bits per heavy atom. The second-order valence-corrected chi connectivity index (χ2v) is 6.94. The van der Waals surface area contributed by atoms with Gasteiger partial charge in [0.2, 0.25) is 11.8 Å². The summed E-state index contributed by atoms with van der Waals surface area (Å²) < 4.78 is 13.0. The third-order valence-electron chi connectivity index (χ3n) is 4.05. The summed E-state index contributed by atoms with van der Waals surface area (Å²) >= 11 is 1.39. The number of benzene rings is 2. The Hall–Kier alpha value is -2.67. The number of hydrogen-bond acceptors (Lipinski definition) is 4. The van der Waals surface area contributed by atoms with Crippen molar-refractivity contribution in [3.8, 4) is 0 Å². The van der Waals surface area contributed by atoms with Gasteiger partial charge in [-0.15, -0.1) is 11.8 Å². The van der Waals surface area contributed by atoms with Crippen LogP contribution in [0.5, 0.6) is 0 Å². The third kappa shape index (κ3) is 3.02. The predicted molar refractivity (Wildman–Crippen MR) is 94.7 cm³/mol. The van der Waals surface area contributed by atoms with Crippen LogP contribution in [0, 0.1) is 5.82 Å². The van der Waals surface area contributed by atoms with Crippen LogP contribution in [0.1, 0.15) is 12.2 Å². The maximum Gasteiger partial charge on any atom is 0.247 e. The van der Waals surface area contributed by atoms with Crippen molar-refractivity contribution < 1.29 is 14.0 Å². The third-order valence-corrected chi connectivity index (χ3v) is 5.26. The number of anilines is 1. The largest absolute Gasteiger partial charge is 0.341 e. The van der Waals surface area contributed by atoms with E-state index < -0.39 is 11.1 Å². The van der Waals surface area contributed by atoms with E-state index in [4.69, 9.17) is 0 Å². The van der Waals surface area contributed by atoms with E-state index in [-0.39, 0.29) is 18.2 Å². The first-order valence-electron chi connectivity index (χ1n) is 7.79. The standard InChI is InChI=1S/C18H14FN3O2S/c19-11-5-7-12(8-6-11)22-17(23)9-15(18(22)24)25-10-16-20-13-3-1-2-4-14(13)21-16/h1-8,15H,9-10H2,(H,20,21)/t15-/m1/s1. The Kier molecular flexibility index (Phi) is 4.01. The molecule has 2 aromatic carbocycles. The summed E-state index contributed by atoms with van der Waals surface area (Å²) in [5.41, 5.74) is 2.22. The molecule has 25 heavy (non-hydrogen) atoms. The van der Waals surface area contributed by atoms with Gasteiger partial charge in [-0.2, -0.15) is 0 Å². The lowest BCUT2D eigenvalue weighted by atomic mass is 10.3. The number of nitrogens with zero attached hydrogens (tertiary/aromatic N) is 2. The van der Waals surface area contributed by atoms with E-state index in [1.165, 1.54) is 36.0 Å². The molecular weight excluding hydrogens is 341 g/mol. The first kappa shape index (κ1) is 15.8. The zero-order valence-electron chi connectivity index (χ0n) is 13.1. The lowest BCUT2D eigenvalue weighted by Gasteiger charge is -2.14. The molecule has 5 nitrogen and oxygen atoms in total. The molecule has 1 aliphatic heterocycles. The number of imidazole rings is 1. The molecule has 1 N–H and O–H groups in total. The van der Waals surface area contributed by atoms with Crippen molar-refractivity contribution in [3.05, 3.63) is 60.2 Å². The first-order chi connectivity index (χ1) is 12.1. The smallest absolute Gasteiger partial charge is 0.247 e. The highest BCUT2D eigenvalue weighted by Crippen LogP contribution is 2.31. The van der Waals surface area contributed by atoms with Gasteiger partial charge in [-0.05, 0) is 36.4 Å². The Balaban J connectivity index is 1.47. The number of aromatic nitrogens is 2. The summed E-state index contributed by atoms with van der Waals surface area (Å²) in [6.07, 6.45) is 0.140. The number of fused-ring (bicyclic) bond motifs is 1. The number of carbonyl (C=O) groups is 2. The number of carbonyl (C=O) groups excluding carboxylic acids is 2. The minimum atomic E-state index is -0.453. The highest BCUT2D eigenvalue weighted by molar-refractivity contribution is 7.99. The monoisotopic (exact) mass is 355 g/mol. The molecule has 3 aromatic rings. The van der Waals surface area contributed by atoms with Gasteiger partial charge in [0.1, 0.15) is 11.6 Å². The fourth-order valence-electron chi connectivity index (χ4n) is 2.85. The Bertz CT molecular complexity index is 921.